The van der Waals surface area contributed by atoms with Crippen LogP contribution in [0.25, 0.3) is 0 Å². The average molecular weight is 254 g/mol. The van der Waals surface area contributed by atoms with Crippen LogP contribution in [0.1, 0.15) is 20.7 Å². The first-order chi connectivity index (χ1) is 9.25. The molecule has 0 atom stereocenters. The van der Waals surface area contributed by atoms with E-state index >= 15 is 0 Å². The van der Waals surface area contributed by atoms with E-state index < -0.39 is 11.6 Å². The molecule has 1 aliphatic heterocycles. The lowest BCUT2D eigenvalue weighted by atomic mass is 10.0. The summed E-state index contributed by atoms with van der Waals surface area (Å²) in [5.74, 6) is -0.000568. The van der Waals surface area contributed by atoms with Gasteiger partial charge in [0.1, 0.15) is 0 Å². The molecule has 0 spiro atoms. The van der Waals surface area contributed by atoms with Gasteiger partial charge in [0.25, 0.3) is 0 Å². The largest absolute Gasteiger partial charge is 0.454 e. The fraction of sp³-hybridized carbons (Fsp3) is 0.0667. The van der Waals surface area contributed by atoms with Crippen LogP contribution in [-0.2, 0) is 0 Å². The van der Waals surface area contributed by atoms with Crippen molar-refractivity contribution in [3.05, 3.63) is 59.7 Å². The number of fused-ring (bicyclic) bond motifs is 1. The van der Waals surface area contributed by atoms with Gasteiger partial charge in [0.2, 0.25) is 18.4 Å². The van der Waals surface area contributed by atoms with Crippen LogP contribution in [0.15, 0.2) is 48.5 Å². The number of carbonyl (C=O) groups excluding carboxylic acids is 2. The summed E-state index contributed by atoms with van der Waals surface area (Å²) in [6.07, 6.45) is 0. The van der Waals surface area contributed by atoms with Gasteiger partial charge in [-0.3, -0.25) is 9.59 Å². The van der Waals surface area contributed by atoms with E-state index in [1.165, 1.54) is 6.07 Å². The molecule has 0 bridgehead atoms. The van der Waals surface area contributed by atoms with E-state index in [1.54, 1.807) is 42.5 Å². The van der Waals surface area contributed by atoms with Gasteiger partial charge in [0.15, 0.2) is 11.5 Å². The molecule has 3 rings (SSSR count). The minimum atomic E-state index is -0.551. The number of ketones is 2. The van der Waals surface area contributed by atoms with Crippen LogP contribution in [0, 0.1) is 0 Å². The fourth-order valence-corrected chi connectivity index (χ4v) is 1.89. The molecule has 0 N–H and O–H groups in total. The monoisotopic (exact) mass is 254 g/mol. The van der Waals surface area contributed by atoms with Crippen molar-refractivity contribution in [2.45, 2.75) is 0 Å². The third-order valence-corrected chi connectivity index (χ3v) is 2.88. The first kappa shape index (κ1) is 11.5. The second-order valence-corrected chi connectivity index (χ2v) is 4.09. The van der Waals surface area contributed by atoms with Crippen molar-refractivity contribution in [2.75, 3.05) is 6.79 Å². The van der Waals surface area contributed by atoms with E-state index in [1.807, 2.05) is 0 Å². The van der Waals surface area contributed by atoms with Gasteiger partial charge in [-0.25, -0.2) is 0 Å². The quantitative estimate of drug-likeness (QED) is 0.623. The molecule has 4 heteroatoms. The van der Waals surface area contributed by atoms with Gasteiger partial charge in [-0.1, -0.05) is 30.3 Å². The number of Topliss-reactive ketones (excluding diaryl/α,β-unsaturated/α-hetero) is 2. The maximum Gasteiger partial charge on any atom is 0.233 e. The summed E-state index contributed by atoms with van der Waals surface area (Å²) in [6.45, 7) is 0.139. The molecule has 0 aromatic heterocycles. The van der Waals surface area contributed by atoms with E-state index in [0.29, 0.717) is 22.6 Å². The third kappa shape index (κ3) is 2.08. The Balaban J connectivity index is 1.90. The Labute approximate surface area is 109 Å². The molecule has 4 nitrogen and oxygen atoms in total. The maximum absolute atomic E-state index is 12.1. The highest BCUT2D eigenvalue weighted by atomic mass is 16.7. The van der Waals surface area contributed by atoms with Crippen LogP contribution in [0.5, 0.6) is 11.5 Å². The summed E-state index contributed by atoms with van der Waals surface area (Å²) >= 11 is 0. The van der Waals surface area contributed by atoms with Crippen molar-refractivity contribution in [3.63, 3.8) is 0 Å². The summed E-state index contributed by atoms with van der Waals surface area (Å²) in [5.41, 5.74) is 0.684. The highest BCUT2D eigenvalue weighted by Crippen LogP contribution is 2.32. The Bertz CT molecular complexity index is 646. The van der Waals surface area contributed by atoms with Gasteiger partial charge in [0, 0.05) is 11.1 Å². The molecule has 2 aromatic rings. The van der Waals surface area contributed by atoms with Crippen molar-refractivity contribution in [2.24, 2.45) is 0 Å². The summed E-state index contributed by atoms with van der Waals surface area (Å²) in [5, 5.41) is 0. The molecule has 0 fully saturated rings. The molecule has 0 saturated heterocycles. The minimum absolute atomic E-state index is 0.139. The lowest BCUT2D eigenvalue weighted by Crippen LogP contribution is -2.14. The minimum Gasteiger partial charge on any atom is -0.454 e. The van der Waals surface area contributed by atoms with Crippen LogP contribution in [-0.4, -0.2) is 18.4 Å². The molecule has 0 saturated carbocycles. The van der Waals surface area contributed by atoms with Gasteiger partial charge in [0.05, 0.1) is 0 Å². The van der Waals surface area contributed by atoms with E-state index in [2.05, 4.69) is 0 Å². The molecule has 0 aliphatic carbocycles. The van der Waals surface area contributed by atoms with Gasteiger partial charge in [-0.15, -0.1) is 0 Å². The van der Waals surface area contributed by atoms with Crippen molar-refractivity contribution < 1.29 is 19.1 Å². The molecule has 1 heterocycles. The van der Waals surface area contributed by atoms with Crippen molar-refractivity contribution in [1.82, 2.24) is 0 Å². The van der Waals surface area contributed by atoms with E-state index in [9.17, 15) is 9.59 Å². The molecule has 2 aromatic carbocycles. The van der Waals surface area contributed by atoms with Crippen LogP contribution in [0.4, 0.5) is 0 Å². The van der Waals surface area contributed by atoms with E-state index in [0.717, 1.165) is 0 Å². The molecule has 19 heavy (non-hydrogen) atoms. The smallest absolute Gasteiger partial charge is 0.233 e. The fourth-order valence-electron chi connectivity index (χ4n) is 1.89. The average Bonchev–Trinajstić information content (AvgIpc) is 2.94. The predicted molar refractivity (Wildman–Crippen MR) is 67.7 cm³/mol. The van der Waals surface area contributed by atoms with Crippen LogP contribution >= 0.6 is 0 Å². The zero-order valence-corrected chi connectivity index (χ0v) is 9.96. The SMILES string of the molecule is O=C(C(=O)c1ccc2c(c1)OCO2)c1ccccc1. The van der Waals surface area contributed by atoms with Crippen molar-refractivity contribution in [3.8, 4) is 11.5 Å². The predicted octanol–water partition coefficient (Wildman–Crippen LogP) is 2.48. The number of ether oxygens (including phenoxy) is 2. The number of hydrogen-bond donors (Lipinski definition) is 0. The van der Waals surface area contributed by atoms with Crippen LogP contribution in [0.3, 0.4) is 0 Å². The third-order valence-electron chi connectivity index (χ3n) is 2.88. The highest BCUT2D eigenvalue weighted by Gasteiger charge is 2.21. The zero-order valence-electron chi connectivity index (χ0n) is 9.96. The normalized spacial score (nSPS) is 12.2. The summed E-state index contributed by atoms with van der Waals surface area (Å²) in [6, 6.07) is 13.2. The van der Waals surface area contributed by atoms with Gasteiger partial charge in [-0.05, 0) is 18.2 Å². The summed E-state index contributed by atoms with van der Waals surface area (Å²) < 4.78 is 10.3. The Morgan fingerprint density at radius 1 is 0.789 bits per heavy atom. The first-order valence-electron chi connectivity index (χ1n) is 5.79. The first-order valence-corrected chi connectivity index (χ1v) is 5.79. The summed E-state index contributed by atoms with van der Waals surface area (Å²) in [7, 11) is 0. The van der Waals surface area contributed by atoms with E-state index in [4.69, 9.17) is 9.47 Å². The van der Waals surface area contributed by atoms with Crippen molar-refractivity contribution in [1.29, 1.82) is 0 Å². The second kappa shape index (κ2) is 4.57. The number of hydrogen-bond acceptors (Lipinski definition) is 4. The molecule has 0 unspecified atom stereocenters. The van der Waals surface area contributed by atoms with Crippen LogP contribution < -0.4 is 9.47 Å². The second-order valence-electron chi connectivity index (χ2n) is 4.09. The summed E-state index contributed by atoms with van der Waals surface area (Å²) in [4.78, 5) is 24.1. The Kier molecular flexibility index (Phi) is 2.76. The zero-order chi connectivity index (χ0) is 13.2. The lowest BCUT2D eigenvalue weighted by molar-refractivity contribution is 0.0817. The Morgan fingerprint density at radius 2 is 1.47 bits per heavy atom. The van der Waals surface area contributed by atoms with Crippen LogP contribution in [0.2, 0.25) is 0 Å². The molecule has 0 amide bonds. The van der Waals surface area contributed by atoms with Gasteiger partial charge >= 0.3 is 0 Å². The maximum atomic E-state index is 12.1. The number of carbonyl (C=O) groups is 2. The number of benzene rings is 2. The molecule has 1 aliphatic rings. The molecule has 94 valence electrons. The van der Waals surface area contributed by atoms with Crippen molar-refractivity contribution >= 4 is 11.6 Å². The number of rotatable bonds is 3. The topological polar surface area (TPSA) is 52.6 Å². The van der Waals surface area contributed by atoms with Gasteiger partial charge in [-0.2, -0.15) is 0 Å². The Morgan fingerprint density at radius 3 is 2.26 bits per heavy atom. The standard InChI is InChI=1S/C15H10O4/c16-14(10-4-2-1-3-5-10)15(17)11-6-7-12-13(8-11)19-9-18-12/h1-8H,9H2. The van der Waals surface area contributed by atoms with Gasteiger partial charge < -0.3 is 9.47 Å². The molecule has 0 radical (unpaired) electrons. The Hall–Kier alpha value is -2.62. The van der Waals surface area contributed by atoms with E-state index in [-0.39, 0.29) is 6.79 Å². The molecular formula is C15H10O4. The molecular weight excluding hydrogens is 244 g/mol. The highest BCUT2D eigenvalue weighted by molar-refractivity contribution is 6.49. The lowest BCUT2D eigenvalue weighted by Gasteiger charge is -2.02.